The summed E-state index contributed by atoms with van der Waals surface area (Å²) in [7, 11) is 0. The van der Waals surface area contributed by atoms with E-state index in [-0.39, 0.29) is 9.76 Å². The number of halogens is 2. The van der Waals surface area contributed by atoms with E-state index < -0.39 is 22.5 Å². The Bertz CT molecular complexity index is 846. The molecule has 0 saturated carbocycles. The van der Waals surface area contributed by atoms with Crippen LogP contribution in [0.25, 0.3) is 0 Å². The number of H-pyrrole nitrogens is 2. The first-order valence-corrected chi connectivity index (χ1v) is 6.27. The van der Waals surface area contributed by atoms with Crippen molar-refractivity contribution in [3.8, 4) is 0 Å². The average molecular weight is 362 g/mol. The fourth-order valence-electron chi connectivity index (χ4n) is 1.47. The topological polar surface area (TPSA) is 110 Å². The van der Waals surface area contributed by atoms with Crippen LogP contribution in [0.2, 0.25) is 0 Å². The van der Waals surface area contributed by atoms with Crippen LogP contribution >= 0.6 is 27.5 Å². The largest absolute Gasteiger partial charge is 0.334 e. The number of rotatable bonds is 2. The molecule has 2 heterocycles. The zero-order valence-corrected chi connectivity index (χ0v) is 11.9. The van der Waals surface area contributed by atoms with Crippen LogP contribution in [0.3, 0.4) is 0 Å². The van der Waals surface area contributed by atoms with Gasteiger partial charge in [-0.15, -0.1) is 0 Å². The summed E-state index contributed by atoms with van der Waals surface area (Å²) in [5.41, 5.74) is -2.76. The minimum absolute atomic E-state index is 0.0687. The van der Waals surface area contributed by atoms with Gasteiger partial charge in [-0.1, -0.05) is 11.6 Å². The van der Waals surface area contributed by atoms with Crippen LogP contribution in [-0.4, -0.2) is 19.1 Å². The van der Waals surface area contributed by atoms with Crippen molar-refractivity contribution in [1.82, 2.24) is 19.1 Å². The van der Waals surface area contributed by atoms with E-state index >= 15 is 0 Å². The van der Waals surface area contributed by atoms with E-state index in [1.165, 1.54) is 0 Å². The Morgan fingerprint density at radius 3 is 1.65 bits per heavy atom. The Morgan fingerprint density at radius 2 is 1.35 bits per heavy atom. The van der Waals surface area contributed by atoms with Gasteiger partial charge in [0.25, 0.3) is 11.1 Å². The number of hydrogen-bond donors (Lipinski definition) is 2. The van der Waals surface area contributed by atoms with Gasteiger partial charge in [0.1, 0.15) is 3.94 Å². The summed E-state index contributed by atoms with van der Waals surface area (Å²) in [5.74, 6) is -0.0748. The highest BCUT2D eigenvalue weighted by Crippen LogP contribution is 2.15. The Balaban J connectivity index is 2.80. The van der Waals surface area contributed by atoms with Gasteiger partial charge in [0, 0.05) is 24.5 Å². The summed E-state index contributed by atoms with van der Waals surface area (Å²) >= 11 is 8.79. The first-order chi connectivity index (χ1) is 9.40. The Labute approximate surface area is 123 Å². The van der Waals surface area contributed by atoms with Crippen LogP contribution in [-0.2, 0) is 0 Å². The second-order valence-corrected chi connectivity index (χ2v) is 5.17. The molecular formula is C10H6BrClN4O4. The lowest BCUT2D eigenvalue weighted by Crippen LogP contribution is -2.37. The third-order valence-electron chi connectivity index (χ3n) is 2.27. The Hall–Kier alpha value is -2.13. The predicted molar refractivity (Wildman–Crippen MR) is 75.0 cm³/mol. The molecular weight excluding hydrogens is 355 g/mol. The molecule has 0 saturated heterocycles. The molecule has 0 amide bonds. The van der Waals surface area contributed by atoms with Crippen LogP contribution in [0.5, 0.6) is 0 Å². The minimum atomic E-state index is -0.789. The fraction of sp³-hybridized carbons (Fsp3) is 0. The van der Waals surface area contributed by atoms with Crippen molar-refractivity contribution in [2.75, 3.05) is 0 Å². The molecule has 10 heteroatoms. The van der Waals surface area contributed by atoms with Crippen molar-refractivity contribution in [2.24, 2.45) is 0 Å². The number of nitrogens with one attached hydrogen (secondary N) is 2. The van der Waals surface area contributed by atoms with Gasteiger partial charge in [-0.2, -0.15) is 0 Å². The van der Waals surface area contributed by atoms with E-state index in [1.54, 1.807) is 0 Å². The number of aromatic nitrogens is 4. The van der Waals surface area contributed by atoms with Gasteiger partial charge in [-0.05, 0) is 15.9 Å². The van der Waals surface area contributed by atoms with Crippen molar-refractivity contribution < 1.29 is 0 Å². The predicted octanol–water partition coefficient (Wildman–Crippen LogP) is -0.531. The molecule has 0 aliphatic heterocycles. The summed E-state index contributed by atoms with van der Waals surface area (Å²) in [6, 6.07) is 2.18. The molecule has 8 nitrogen and oxygen atoms in total. The van der Waals surface area contributed by atoms with E-state index in [0.717, 1.165) is 33.7 Å². The maximum absolute atomic E-state index is 11.7. The van der Waals surface area contributed by atoms with Crippen LogP contribution in [0, 0.1) is 5.82 Å². The molecule has 2 aromatic heterocycles. The highest BCUT2D eigenvalue weighted by Gasteiger charge is 2.12. The van der Waals surface area contributed by atoms with E-state index in [1.807, 2.05) is 9.97 Å². The Kier molecular flexibility index (Phi) is 3.91. The van der Waals surface area contributed by atoms with E-state index in [4.69, 9.17) is 11.6 Å². The molecule has 2 N–H and O–H groups in total. The van der Waals surface area contributed by atoms with Gasteiger partial charge in [0.2, 0.25) is 0 Å². The lowest BCUT2D eigenvalue weighted by molar-refractivity contribution is 0.670. The number of nitrogens with zero attached hydrogens (tertiary/aromatic N) is 2. The summed E-state index contributed by atoms with van der Waals surface area (Å²) in [6.07, 6.45) is 2.30. The standard InChI is InChI=1S/C10H6BrClN4O4/c11-7(12)8(15-3-1-5(17)13-9(15)19)16-4-2-6(18)14-10(16)20/h1-4H,(H,13,17,19)(H,14,18,20). The van der Waals surface area contributed by atoms with Crippen LogP contribution in [0.1, 0.15) is 0 Å². The van der Waals surface area contributed by atoms with Gasteiger partial charge < -0.3 is 0 Å². The third-order valence-corrected chi connectivity index (χ3v) is 2.80. The van der Waals surface area contributed by atoms with Gasteiger partial charge in [0.15, 0.2) is 5.82 Å². The lowest BCUT2D eigenvalue weighted by Gasteiger charge is -2.12. The van der Waals surface area contributed by atoms with E-state index in [2.05, 4.69) is 15.9 Å². The SMILES string of the molecule is O=c1ccn(C(=C(Cl)Br)n2ccc(=O)[nH]c2=O)c(=O)[nH]1. The maximum Gasteiger partial charge on any atom is 0.334 e. The molecule has 0 aliphatic rings. The van der Waals surface area contributed by atoms with Gasteiger partial charge in [-0.3, -0.25) is 28.7 Å². The van der Waals surface area contributed by atoms with Gasteiger partial charge in [-0.25, -0.2) is 9.59 Å². The molecule has 0 atom stereocenters. The summed E-state index contributed by atoms with van der Waals surface area (Å²) in [4.78, 5) is 49.6. The lowest BCUT2D eigenvalue weighted by atomic mass is 10.5. The average Bonchev–Trinajstić information content (AvgIpc) is 2.34. The first kappa shape index (κ1) is 14.3. The normalized spacial score (nSPS) is 10.3. The smallest absolute Gasteiger partial charge is 0.274 e. The van der Waals surface area contributed by atoms with E-state index in [9.17, 15) is 19.2 Å². The third kappa shape index (κ3) is 2.73. The van der Waals surface area contributed by atoms with E-state index in [0.29, 0.717) is 0 Å². The second kappa shape index (κ2) is 5.47. The molecule has 0 bridgehead atoms. The number of hydrogen-bond acceptors (Lipinski definition) is 4. The van der Waals surface area contributed by atoms with Gasteiger partial charge in [0.05, 0.1) is 0 Å². The monoisotopic (exact) mass is 360 g/mol. The van der Waals surface area contributed by atoms with Crippen molar-refractivity contribution in [3.05, 3.63) is 76.0 Å². The highest BCUT2D eigenvalue weighted by molar-refractivity contribution is 9.12. The molecule has 0 spiro atoms. The zero-order valence-electron chi connectivity index (χ0n) is 9.59. The molecule has 0 radical (unpaired) electrons. The quantitative estimate of drug-likeness (QED) is 0.749. The molecule has 104 valence electrons. The first-order valence-electron chi connectivity index (χ1n) is 5.10. The summed E-state index contributed by atoms with van der Waals surface area (Å²) in [5, 5.41) is 0. The highest BCUT2D eigenvalue weighted by atomic mass is 79.9. The number of aromatic amines is 2. The molecule has 0 aliphatic carbocycles. The summed E-state index contributed by atoms with van der Waals surface area (Å²) in [6.45, 7) is 0. The van der Waals surface area contributed by atoms with Crippen molar-refractivity contribution in [3.63, 3.8) is 0 Å². The summed E-state index contributed by atoms with van der Waals surface area (Å²) < 4.78 is 1.82. The van der Waals surface area contributed by atoms with Gasteiger partial charge >= 0.3 is 11.4 Å². The second-order valence-electron chi connectivity index (χ2n) is 3.54. The molecule has 2 aromatic rings. The van der Waals surface area contributed by atoms with Crippen LogP contribution in [0.4, 0.5) is 0 Å². The fourth-order valence-corrected chi connectivity index (χ4v) is 2.03. The van der Waals surface area contributed by atoms with Crippen LogP contribution in [0.15, 0.2) is 47.6 Å². The zero-order chi connectivity index (χ0) is 14.9. The molecule has 0 unspecified atom stereocenters. The van der Waals surface area contributed by atoms with Crippen molar-refractivity contribution in [1.29, 1.82) is 0 Å². The maximum atomic E-state index is 11.7. The minimum Gasteiger partial charge on any atom is -0.274 e. The van der Waals surface area contributed by atoms with Crippen molar-refractivity contribution >= 4 is 27.5 Å². The van der Waals surface area contributed by atoms with Crippen LogP contribution < -0.4 is 22.5 Å². The molecule has 0 fully saturated rings. The Morgan fingerprint density at radius 1 is 0.950 bits per heavy atom. The molecule has 0 aromatic carbocycles. The molecule has 2 rings (SSSR count). The van der Waals surface area contributed by atoms with Crippen molar-refractivity contribution in [2.45, 2.75) is 0 Å². The molecule has 20 heavy (non-hydrogen) atoms.